The summed E-state index contributed by atoms with van der Waals surface area (Å²) in [6, 6.07) is 1.98. The average Bonchev–Trinajstić information content (AvgIpc) is 2.27. The van der Waals surface area contributed by atoms with Gasteiger partial charge in [0.25, 0.3) is 5.91 Å². The van der Waals surface area contributed by atoms with Gasteiger partial charge in [0.15, 0.2) is 0 Å². The predicted molar refractivity (Wildman–Crippen MR) is 86.0 cm³/mol. The highest BCUT2D eigenvalue weighted by molar-refractivity contribution is 5.98. The molecule has 0 aliphatic heterocycles. The molecule has 1 heterocycles. The number of carbonyl (C=O) groups excluding carboxylic acids is 1. The zero-order chi connectivity index (χ0) is 15.8. The van der Waals surface area contributed by atoms with Crippen LogP contribution in [0, 0.1) is 10.8 Å². The molecule has 1 saturated carbocycles. The molecule has 0 unspecified atom stereocenters. The van der Waals surface area contributed by atoms with Crippen molar-refractivity contribution < 1.29 is 4.79 Å². The number of anilines is 2. The molecule has 1 aromatic rings. The molecular formula is C16H26N4O. The third-order valence-corrected chi connectivity index (χ3v) is 4.11. The van der Waals surface area contributed by atoms with Crippen LogP contribution in [0.25, 0.3) is 0 Å². The van der Waals surface area contributed by atoms with E-state index < -0.39 is 5.91 Å². The van der Waals surface area contributed by atoms with Crippen molar-refractivity contribution in [3.63, 3.8) is 0 Å². The summed E-state index contributed by atoms with van der Waals surface area (Å²) in [7, 11) is 0. The molecule has 1 fully saturated rings. The number of primary amides is 1. The van der Waals surface area contributed by atoms with E-state index >= 15 is 0 Å². The maximum atomic E-state index is 11.4. The molecule has 2 rings (SSSR count). The van der Waals surface area contributed by atoms with Crippen LogP contribution < -0.4 is 16.8 Å². The number of rotatable bonds is 3. The van der Waals surface area contributed by atoms with E-state index in [1.165, 1.54) is 12.6 Å². The minimum atomic E-state index is -0.526. The van der Waals surface area contributed by atoms with Crippen LogP contribution in [0.15, 0.2) is 12.3 Å². The molecule has 0 radical (unpaired) electrons. The number of nitrogens with zero attached hydrogens (tertiary/aromatic N) is 1. The van der Waals surface area contributed by atoms with E-state index in [1.54, 1.807) is 6.07 Å². The Hall–Kier alpha value is -1.78. The average molecular weight is 290 g/mol. The number of aromatic nitrogens is 1. The van der Waals surface area contributed by atoms with Crippen molar-refractivity contribution >= 4 is 17.4 Å². The highest BCUT2D eigenvalue weighted by Gasteiger charge is 2.38. The summed E-state index contributed by atoms with van der Waals surface area (Å²) in [4.78, 5) is 15.6. The number of amides is 1. The van der Waals surface area contributed by atoms with Crippen molar-refractivity contribution in [2.24, 2.45) is 16.6 Å². The fourth-order valence-electron chi connectivity index (χ4n) is 3.92. The van der Waals surface area contributed by atoms with Gasteiger partial charge in [-0.3, -0.25) is 4.79 Å². The molecule has 116 valence electrons. The van der Waals surface area contributed by atoms with Crippen LogP contribution >= 0.6 is 0 Å². The van der Waals surface area contributed by atoms with Gasteiger partial charge in [0, 0.05) is 6.04 Å². The monoisotopic (exact) mass is 290 g/mol. The van der Waals surface area contributed by atoms with Gasteiger partial charge in [-0.25, -0.2) is 4.98 Å². The van der Waals surface area contributed by atoms with E-state index in [1.807, 2.05) is 0 Å². The zero-order valence-corrected chi connectivity index (χ0v) is 13.4. The Morgan fingerprint density at radius 2 is 1.86 bits per heavy atom. The first-order valence-corrected chi connectivity index (χ1v) is 7.40. The van der Waals surface area contributed by atoms with Gasteiger partial charge < -0.3 is 16.8 Å². The van der Waals surface area contributed by atoms with Crippen LogP contribution in [0.5, 0.6) is 0 Å². The van der Waals surface area contributed by atoms with Crippen LogP contribution in [0.4, 0.5) is 11.5 Å². The van der Waals surface area contributed by atoms with Gasteiger partial charge in [0.05, 0.1) is 17.4 Å². The van der Waals surface area contributed by atoms with Gasteiger partial charge in [-0.1, -0.05) is 27.7 Å². The molecule has 1 aliphatic carbocycles. The summed E-state index contributed by atoms with van der Waals surface area (Å²) < 4.78 is 0. The molecule has 5 heteroatoms. The van der Waals surface area contributed by atoms with E-state index in [0.29, 0.717) is 33.9 Å². The number of hydrogen-bond acceptors (Lipinski definition) is 4. The van der Waals surface area contributed by atoms with Crippen LogP contribution in [0.2, 0.25) is 0 Å². The lowest BCUT2D eigenvalue weighted by Gasteiger charge is -2.45. The Morgan fingerprint density at radius 3 is 2.38 bits per heavy atom. The first-order chi connectivity index (χ1) is 9.58. The third-order valence-electron chi connectivity index (χ3n) is 4.11. The molecular weight excluding hydrogens is 264 g/mol. The maximum Gasteiger partial charge on any atom is 0.250 e. The minimum absolute atomic E-state index is 0.291. The smallest absolute Gasteiger partial charge is 0.250 e. The molecule has 0 spiro atoms. The fraction of sp³-hybridized carbons (Fsp3) is 0.625. The molecule has 0 bridgehead atoms. The number of carbonyl (C=O) groups is 1. The highest BCUT2D eigenvalue weighted by Crippen LogP contribution is 2.46. The number of nitrogens with one attached hydrogen (secondary N) is 1. The van der Waals surface area contributed by atoms with Gasteiger partial charge in [0.2, 0.25) is 0 Å². The summed E-state index contributed by atoms with van der Waals surface area (Å²) in [5, 5.41) is 3.44. The van der Waals surface area contributed by atoms with E-state index in [9.17, 15) is 4.79 Å². The Labute approximate surface area is 126 Å². The second-order valence-corrected chi connectivity index (χ2v) is 7.78. The second-order valence-electron chi connectivity index (χ2n) is 7.78. The molecule has 1 aliphatic rings. The summed E-state index contributed by atoms with van der Waals surface area (Å²) in [6.07, 6.45) is 4.85. The predicted octanol–water partition coefficient (Wildman–Crippen LogP) is 2.78. The Kier molecular flexibility index (Phi) is 3.87. The Balaban J connectivity index is 2.18. The van der Waals surface area contributed by atoms with E-state index in [-0.39, 0.29) is 0 Å². The largest absolute Gasteiger partial charge is 0.397 e. The number of nitrogens with two attached hydrogens (primary N) is 2. The molecule has 0 saturated heterocycles. The molecule has 5 nitrogen and oxygen atoms in total. The summed E-state index contributed by atoms with van der Waals surface area (Å²) in [5.41, 5.74) is 12.3. The van der Waals surface area contributed by atoms with Crippen molar-refractivity contribution in [3.05, 3.63) is 17.8 Å². The van der Waals surface area contributed by atoms with E-state index in [2.05, 4.69) is 38.0 Å². The molecule has 21 heavy (non-hydrogen) atoms. The summed E-state index contributed by atoms with van der Waals surface area (Å²) in [5.74, 6) is 0.138. The van der Waals surface area contributed by atoms with E-state index in [0.717, 1.165) is 12.8 Å². The molecule has 1 amide bonds. The van der Waals surface area contributed by atoms with Crippen molar-refractivity contribution in [2.75, 3.05) is 11.1 Å². The topological polar surface area (TPSA) is 94.0 Å². The van der Waals surface area contributed by atoms with Crippen molar-refractivity contribution in [1.29, 1.82) is 0 Å². The van der Waals surface area contributed by atoms with Gasteiger partial charge in [-0.05, 0) is 36.2 Å². The maximum absolute atomic E-state index is 11.4. The van der Waals surface area contributed by atoms with Crippen molar-refractivity contribution in [2.45, 2.75) is 53.0 Å². The van der Waals surface area contributed by atoms with E-state index in [4.69, 9.17) is 11.5 Å². The lowest BCUT2D eigenvalue weighted by Crippen LogP contribution is -2.40. The lowest BCUT2D eigenvalue weighted by molar-refractivity contribution is 0.0999. The number of hydrogen-bond donors (Lipinski definition) is 3. The first kappa shape index (κ1) is 15.6. The van der Waals surface area contributed by atoms with Crippen LogP contribution in [0.1, 0.15) is 57.3 Å². The van der Waals surface area contributed by atoms with Crippen molar-refractivity contribution in [3.8, 4) is 0 Å². The van der Waals surface area contributed by atoms with Gasteiger partial charge >= 0.3 is 0 Å². The van der Waals surface area contributed by atoms with Crippen LogP contribution in [0.3, 0.4) is 0 Å². The Morgan fingerprint density at radius 1 is 1.29 bits per heavy atom. The number of nitrogen functional groups attached to an aromatic ring is 1. The minimum Gasteiger partial charge on any atom is -0.397 e. The highest BCUT2D eigenvalue weighted by atomic mass is 16.1. The Bertz CT molecular complexity index is 535. The second kappa shape index (κ2) is 5.20. The van der Waals surface area contributed by atoms with Crippen molar-refractivity contribution in [1.82, 2.24) is 4.98 Å². The molecule has 5 N–H and O–H groups in total. The van der Waals surface area contributed by atoms with Gasteiger partial charge in [-0.2, -0.15) is 0 Å². The number of pyridine rings is 1. The molecule has 0 atom stereocenters. The molecule has 0 aromatic carbocycles. The first-order valence-electron chi connectivity index (χ1n) is 7.40. The SMILES string of the molecule is CC1(C)CC(Nc2cc(C(N)=O)c(N)cn2)CC(C)(C)C1. The molecule has 1 aromatic heterocycles. The van der Waals surface area contributed by atoms with Gasteiger partial charge in [0.1, 0.15) is 5.82 Å². The fourth-order valence-corrected chi connectivity index (χ4v) is 3.92. The van der Waals surface area contributed by atoms with Gasteiger partial charge in [-0.15, -0.1) is 0 Å². The quantitative estimate of drug-likeness (QED) is 0.797. The lowest BCUT2D eigenvalue weighted by atomic mass is 9.63. The third kappa shape index (κ3) is 3.86. The van der Waals surface area contributed by atoms with Crippen LogP contribution in [-0.2, 0) is 0 Å². The summed E-state index contributed by atoms with van der Waals surface area (Å²) in [6.45, 7) is 9.20. The normalized spacial score (nSPS) is 21.0. The summed E-state index contributed by atoms with van der Waals surface area (Å²) >= 11 is 0. The zero-order valence-electron chi connectivity index (χ0n) is 13.4. The standard InChI is InChI=1S/C16H26N4O/c1-15(2)6-10(7-16(3,4)9-15)20-13-5-11(14(18)21)12(17)8-19-13/h5,8,10H,6-7,9,17H2,1-4H3,(H2,18,21)(H,19,20). The van der Waals surface area contributed by atoms with Crippen LogP contribution in [-0.4, -0.2) is 16.9 Å².